The smallest absolute Gasteiger partial charge is 0.201 e. The lowest BCUT2D eigenvalue weighted by Gasteiger charge is -2.14. The van der Waals surface area contributed by atoms with Gasteiger partial charge in [0.1, 0.15) is 0 Å². The standard InChI is InChI=1S/C15H15NO/c1-12(13-8-4-2-5-9-13)16-14-10-6-3-7-11-15(14)17/h2-12H,1H3,(H,16,17). The molecule has 2 nitrogen and oxygen atoms in total. The molecule has 2 rings (SSSR count). The molecule has 2 aromatic rings. The van der Waals surface area contributed by atoms with Gasteiger partial charge in [0.05, 0.1) is 5.69 Å². The Morgan fingerprint density at radius 2 is 1.47 bits per heavy atom. The fourth-order valence-electron chi connectivity index (χ4n) is 1.71. The van der Waals surface area contributed by atoms with Gasteiger partial charge in [-0.1, -0.05) is 48.5 Å². The van der Waals surface area contributed by atoms with Crippen LogP contribution in [0.15, 0.2) is 65.5 Å². The Bertz CT molecular complexity index is 537. The summed E-state index contributed by atoms with van der Waals surface area (Å²) < 4.78 is 0. The van der Waals surface area contributed by atoms with Gasteiger partial charge in [0.2, 0.25) is 5.43 Å². The molecule has 0 heterocycles. The van der Waals surface area contributed by atoms with Crippen molar-refractivity contribution in [2.45, 2.75) is 13.0 Å². The maximum Gasteiger partial charge on any atom is 0.201 e. The molecule has 0 saturated carbocycles. The lowest BCUT2D eigenvalue weighted by Crippen LogP contribution is -2.12. The molecule has 2 aromatic carbocycles. The van der Waals surface area contributed by atoms with Crippen LogP contribution in [-0.2, 0) is 0 Å². The summed E-state index contributed by atoms with van der Waals surface area (Å²) in [5.41, 5.74) is 1.81. The molecule has 0 spiro atoms. The summed E-state index contributed by atoms with van der Waals surface area (Å²) >= 11 is 0. The van der Waals surface area contributed by atoms with E-state index in [4.69, 9.17) is 0 Å². The van der Waals surface area contributed by atoms with Gasteiger partial charge < -0.3 is 5.32 Å². The Kier molecular flexibility index (Phi) is 3.55. The minimum absolute atomic E-state index is 0.0118. The summed E-state index contributed by atoms with van der Waals surface area (Å²) in [5.74, 6) is 0. The molecule has 17 heavy (non-hydrogen) atoms. The number of benzene rings is 1. The second-order valence-electron chi connectivity index (χ2n) is 3.97. The lowest BCUT2D eigenvalue weighted by molar-refractivity contribution is 0.883. The maximum atomic E-state index is 11.7. The number of nitrogens with one attached hydrogen (secondary N) is 1. The first-order valence-corrected chi connectivity index (χ1v) is 5.68. The highest BCUT2D eigenvalue weighted by Crippen LogP contribution is 2.15. The van der Waals surface area contributed by atoms with Crippen molar-refractivity contribution in [1.82, 2.24) is 0 Å². The largest absolute Gasteiger partial charge is 0.375 e. The maximum absolute atomic E-state index is 11.7. The molecule has 1 N–H and O–H groups in total. The van der Waals surface area contributed by atoms with Crippen LogP contribution in [0.2, 0.25) is 0 Å². The van der Waals surface area contributed by atoms with Crippen molar-refractivity contribution in [3.8, 4) is 0 Å². The molecule has 0 aliphatic heterocycles. The molecular formula is C15H15NO. The molecule has 2 heteroatoms. The van der Waals surface area contributed by atoms with Crippen LogP contribution >= 0.6 is 0 Å². The number of anilines is 1. The van der Waals surface area contributed by atoms with Crippen molar-refractivity contribution in [1.29, 1.82) is 0 Å². The molecular weight excluding hydrogens is 210 g/mol. The molecule has 0 bridgehead atoms. The van der Waals surface area contributed by atoms with Crippen molar-refractivity contribution in [2.75, 3.05) is 5.32 Å². The van der Waals surface area contributed by atoms with E-state index in [1.165, 1.54) is 5.56 Å². The highest BCUT2D eigenvalue weighted by Gasteiger charge is 2.05. The molecule has 0 aliphatic carbocycles. The van der Waals surface area contributed by atoms with Crippen LogP contribution in [0.25, 0.3) is 0 Å². The van der Waals surface area contributed by atoms with Crippen LogP contribution in [0.4, 0.5) is 5.69 Å². The van der Waals surface area contributed by atoms with Crippen LogP contribution < -0.4 is 10.7 Å². The topological polar surface area (TPSA) is 29.1 Å². The monoisotopic (exact) mass is 225 g/mol. The van der Waals surface area contributed by atoms with Gasteiger partial charge in [0.25, 0.3) is 0 Å². The Hall–Kier alpha value is -2.09. The van der Waals surface area contributed by atoms with Crippen LogP contribution in [-0.4, -0.2) is 0 Å². The van der Waals surface area contributed by atoms with Gasteiger partial charge in [-0.2, -0.15) is 0 Å². The minimum Gasteiger partial charge on any atom is -0.375 e. The summed E-state index contributed by atoms with van der Waals surface area (Å²) in [7, 11) is 0. The second kappa shape index (κ2) is 5.30. The average Bonchev–Trinajstić information content (AvgIpc) is 2.56. The van der Waals surface area contributed by atoms with Crippen molar-refractivity contribution < 1.29 is 0 Å². The normalized spacial score (nSPS) is 11.8. The molecule has 0 saturated heterocycles. The van der Waals surface area contributed by atoms with E-state index >= 15 is 0 Å². The predicted octanol–water partition coefficient (Wildman–Crippen LogP) is 3.22. The first-order valence-electron chi connectivity index (χ1n) is 5.68. The van der Waals surface area contributed by atoms with Crippen molar-refractivity contribution in [3.63, 3.8) is 0 Å². The van der Waals surface area contributed by atoms with E-state index < -0.39 is 0 Å². The van der Waals surface area contributed by atoms with Crippen LogP contribution in [0, 0.1) is 0 Å². The first-order chi connectivity index (χ1) is 8.27. The fraction of sp³-hybridized carbons (Fsp3) is 0.133. The van der Waals surface area contributed by atoms with E-state index in [0.717, 1.165) is 0 Å². The Morgan fingerprint density at radius 3 is 2.18 bits per heavy atom. The Labute approximate surface area is 101 Å². The summed E-state index contributed by atoms with van der Waals surface area (Å²) in [6, 6.07) is 19.0. The fourth-order valence-corrected chi connectivity index (χ4v) is 1.71. The van der Waals surface area contributed by atoms with E-state index in [-0.39, 0.29) is 11.5 Å². The third kappa shape index (κ3) is 2.94. The molecule has 1 unspecified atom stereocenters. The number of hydrogen-bond donors (Lipinski definition) is 1. The highest BCUT2D eigenvalue weighted by atomic mass is 16.1. The van der Waals surface area contributed by atoms with E-state index in [1.54, 1.807) is 12.1 Å². The first kappa shape index (κ1) is 11.4. The third-order valence-corrected chi connectivity index (χ3v) is 2.67. The zero-order valence-electron chi connectivity index (χ0n) is 9.76. The molecule has 0 fully saturated rings. The van der Waals surface area contributed by atoms with Gasteiger partial charge in [-0.15, -0.1) is 0 Å². The predicted molar refractivity (Wildman–Crippen MR) is 71.2 cm³/mol. The van der Waals surface area contributed by atoms with E-state index in [2.05, 4.69) is 5.32 Å². The van der Waals surface area contributed by atoms with Crippen molar-refractivity contribution >= 4 is 5.69 Å². The van der Waals surface area contributed by atoms with Crippen LogP contribution in [0.1, 0.15) is 18.5 Å². The highest BCUT2D eigenvalue weighted by molar-refractivity contribution is 5.44. The average molecular weight is 225 g/mol. The Morgan fingerprint density at radius 1 is 0.882 bits per heavy atom. The van der Waals surface area contributed by atoms with Gasteiger partial charge in [-0.05, 0) is 24.6 Å². The summed E-state index contributed by atoms with van der Waals surface area (Å²) in [4.78, 5) is 11.7. The van der Waals surface area contributed by atoms with E-state index in [1.807, 2.05) is 55.5 Å². The SMILES string of the molecule is CC(Nc1cccccc1=O)c1ccccc1. The Balaban J connectivity index is 2.23. The summed E-state index contributed by atoms with van der Waals surface area (Å²) in [6.07, 6.45) is 0. The summed E-state index contributed by atoms with van der Waals surface area (Å²) in [6.45, 7) is 2.04. The lowest BCUT2D eigenvalue weighted by atomic mass is 10.1. The third-order valence-electron chi connectivity index (χ3n) is 2.67. The molecule has 0 amide bonds. The van der Waals surface area contributed by atoms with Crippen molar-refractivity contribution in [2.24, 2.45) is 0 Å². The molecule has 0 aromatic heterocycles. The van der Waals surface area contributed by atoms with Gasteiger partial charge in [0, 0.05) is 6.04 Å². The van der Waals surface area contributed by atoms with Crippen LogP contribution in [0.3, 0.4) is 0 Å². The molecule has 86 valence electrons. The molecule has 0 aliphatic rings. The van der Waals surface area contributed by atoms with E-state index in [0.29, 0.717) is 5.69 Å². The van der Waals surface area contributed by atoms with Crippen LogP contribution in [0.5, 0.6) is 0 Å². The van der Waals surface area contributed by atoms with Gasteiger partial charge >= 0.3 is 0 Å². The molecule has 0 radical (unpaired) electrons. The second-order valence-corrected chi connectivity index (χ2v) is 3.97. The van der Waals surface area contributed by atoms with Gasteiger partial charge in [-0.25, -0.2) is 0 Å². The minimum atomic E-state index is 0.0118. The van der Waals surface area contributed by atoms with Gasteiger partial charge in [0.15, 0.2) is 0 Å². The van der Waals surface area contributed by atoms with Crippen molar-refractivity contribution in [3.05, 3.63) is 76.5 Å². The quantitative estimate of drug-likeness (QED) is 0.869. The van der Waals surface area contributed by atoms with E-state index in [9.17, 15) is 4.79 Å². The number of hydrogen-bond acceptors (Lipinski definition) is 2. The number of rotatable bonds is 3. The van der Waals surface area contributed by atoms with Gasteiger partial charge in [-0.3, -0.25) is 4.79 Å². The zero-order valence-corrected chi connectivity index (χ0v) is 9.76. The summed E-state index contributed by atoms with van der Waals surface area (Å²) in [5, 5.41) is 3.23. The molecule has 1 atom stereocenters. The zero-order chi connectivity index (χ0) is 12.1.